The SMILES string of the molecule is Cc1cc2c(cc1N(c1ccccc1)c1ccccc1)S(=O)(=O)c1cc(N(c3ccccc3)c3ccccc3)c(C)cc1-2. The Kier molecular flexibility index (Phi) is 6.60. The topological polar surface area (TPSA) is 40.6 Å². The molecule has 0 aromatic heterocycles. The summed E-state index contributed by atoms with van der Waals surface area (Å²) in [5.41, 5.74) is 9.00. The number of rotatable bonds is 6. The van der Waals surface area contributed by atoms with E-state index >= 15 is 0 Å². The molecular formula is C38H30N2O2S. The van der Waals surface area contributed by atoms with Gasteiger partial charge in [0, 0.05) is 33.9 Å². The van der Waals surface area contributed by atoms with Crippen molar-refractivity contribution in [2.24, 2.45) is 0 Å². The maximum Gasteiger partial charge on any atom is 0.207 e. The molecule has 0 bridgehead atoms. The Labute approximate surface area is 253 Å². The third-order valence-electron chi connectivity index (χ3n) is 8.00. The van der Waals surface area contributed by atoms with Gasteiger partial charge >= 0.3 is 0 Å². The summed E-state index contributed by atoms with van der Waals surface area (Å²) in [6.07, 6.45) is 0. The minimum Gasteiger partial charge on any atom is -0.310 e. The third-order valence-corrected chi connectivity index (χ3v) is 9.84. The zero-order valence-electron chi connectivity index (χ0n) is 24.0. The molecule has 0 fully saturated rings. The fourth-order valence-electron chi connectivity index (χ4n) is 5.98. The van der Waals surface area contributed by atoms with Gasteiger partial charge in [-0.2, -0.15) is 0 Å². The van der Waals surface area contributed by atoms with E-state index in [0.29, 0.717) is 9.79 Å². The van der Waals surface area contributed by atoms with Gasteiger partial charge in [-0.3, -0.25) is 0 Å². The van der Waals surface area contributed by atoms with Crippen LogP contribution in [0.3, 0.4) is 0 Å². The minimum absolute atomic E-state index is 0.336. The highest BCUT2D eigenvalue weighted by Crippen LogP contribution is 2.50. The number of sulfone groups is 1. The number of para-hydroxylation sites is 4. The van der Waals surface area contributed by atoms with Crippen LogP contribution in [0, 0.1) is 13.8 Å². The van der Waals surface area contributed by atoms with Crippen LogP contribution in [0.4, 0.5) is 34.1 Å². The molecule has 6 aromatic carbocycles. The highest BCUT2D eigenvalue weighted by atomic mass is 32.2. The number of hydrogen-bond donors (Lipinski definition) is 0. The summed E-state index contributed by atoms with van der Waals surface area (Å²) in [5.74, 6) is 0. The second-order valence-electron chi connectivity index (χ2n) is 10.8. The van der Waals surface area contributed by atoms with E-state index < -0.39 is 9.84 Å². The lowest BCUT2D eigenvalue weighted by molar-refractivity contribution is 0.598. The number of aryl methyl sites for hydroxylation is 2. The molecule has 0 amide bonds. The molecule has 0 spiro atoms. The predicted molar refractivity (Wildman–Crippen MR) is 176 cm³/mol. The van der Waals surface area contributed by atoms with Gasteiger partial charge in [0.25, 0.3) is 0 Å². The lowest BCUT2D eigenvalue weighted by Crippen LogP contribution is -2.12. The lowest BCUT2D eigenvalue weighted by Gasteiger charge is -2.27. The van der Waals surface area contributed by atoms with Crippen molar-refractivity contribution in [1.82, 2.24) is 0 Å². The van der Waals surface area contributed by atoms with Crippen LogP contribution < -0.4 is 9.80 Å². The summed E-state index contributed by atoms with van der Waals surface area (Å²) in [6.45, 7) is 4.10. The molecule has 0 saturated heterocycles. The number of nitrogens with zero attached hydrogens (tertiary/aromatic N) is 2. The first kappa shape index (κ1) is 26.7. The second-order valence-corrected chi connectivity index (χ2v) is 12.7. The fourth-order valence-corrected chi connectivity index (χ4v) is 7.67. The Morgan fingerprint density at radius 3 is 0.977 bits per heavy atom. The molecular weight excluding hydrogens is 548 g/mol. The number of hydrogen-bond acceptors (Lipinski definition) is 4. The van der Waals surface area contributed by atoms with Gasteiger partial charge in [-0.1, -0.05) is 72.8 Å². The van der Waals surface area contributed by atoms with Crippen molar-refractivity contribution in [2.75, 3.05) is 9.80 Å². The molecule has 7 rings (SSSR count). The standard InChI is InChI=1S/C38H30N2O2S/c1-27-23-33-34-24-28(2)36(40(31-19-11-5-12-20-31)32-21-13-6-14-22-32)26-38(34)43(41,42)37(33)25-35(27)39(29-15-7-3-8-16-29)30-17-9-4-10-18-30/h3-26H,1-2H3. The number of fused-ring (bicyclic) bond motifs is 3. The largest absolute Gasteiger partial charge is 0.310 e. The van der Waals surface area contributed by atoms with Gasteiger partial charge in [0.15, 0.2) is 0 Å². The molecule has 1 aliphatic rings. The molecule has 0 atom stereocenters. The molecule has 210 valence electrons. The van der Waals surface area contributed by atoms with Gasteiger partial charge in [-0.15, -0.1) is 0 Å². The number of benzene rings is 6. The molecule has 1 heterocycles. The molecule has 0 aliphatic carbocycles. The molecule has 1 aliphatic heterocycles. The van der Waals surface area contributed by atoms with Crippen LogP contribution in [0.2, 0.25) is 0 Å². The molecule has 0 N–H and O–H groups in total. The van der Waals surface area contributed by atoms with Gasteiger partial charge < -0.3 is 9.80 Å². The van der Waals surface area contributed by atoms with E-state index in [1.807, 2.05) is 159 Å². The zero-order valence-corrected chi connectivity index (χ0v) is 24.8. The van der Waals surface area contributed by atoms with Crippen molar-refractivity contribution in [1.29, 1.82) is 0 Å². The maximum atomic E-state index is 14.4. The normalized spacial score (nSPS) is 12.8. The van der Waals surface area contributed by atoms with Gasteiger partial charge in [-0.05, 0) is 97.8 Å². The second kappa shape index (κ2) is 10.6. The summed E-state index contributed by atoms with van der Waals surface area (Å²) < 4.78 is 28.7. The van der Waals surface area contributed by atoms with Crippen LogP contribution in [0.5, 0.6) is 0 Å². The highest BCUT2D eigenvalue weighted by molar-refractivity contribution is 7.92. The maximum absolute atomic E-state index is 14.4. The smallest absolute Gasteiger partial charge is 0.207 e. The fraction of sp³-hybridized carbons (Fsp3) is 0.0526. The van der Waals surface area contributed by atoms with Crippen LogP contribution in [0.15, 0.2) is 155 Å². The minimum atomic E-state index is -3.79. The van der Waals surface area contributed by atoms with E-state index in [4.69, 9.17) is 0 Å². The molecule has 4 nitrogen and oxygen atoms in total. The van der Waals surface area contributed by atoms with E-state index in [-0.39, 0.29) is 0 Å². The van der Waals surface area contributed by atoms with E-state index in [0.717, 1.165) is 56.4 Å². The van der Waals surface area contributed by atoms with Gasteiger partial charge in [-0.25, -0.2) is 8.42 Å². The Bertz CT molecular complexity index is 1820. The molecule has 0 radical (unpaired) electrons. The van der Waals surface area contributed by atoms with E-state index in [1.54, 1.807) is 0 Å². The average Bonchev–Trinajstić information content (AvgIpc) is 3.24. The summed E-state index contributed by atoms with van der Waals surface area (Å²) >= 11 is 0. The Balaban J connectivity index is 1.41. The predicted octanol–water partition coefficient (Wildman–Crippen LogP) is 10.1. The van der Waals surface area contributed by atoms with E-state index in [2.05, 4.69) is 9.80 Å². The first-order chi connectivity index (χ1) is 20.9. The van der Waals surface area contributed by atoms with Crippen molar-refractivity contribution in [3.05, 3.63) is 157 Å². The molecule has 5 heteroatoms. The summed E-state index contributed by atoms with van der Waals surface area (Å²) in [4.78, 5) is 4.92. The van der Waals surface area contributed by atoms with Crippen molar-refractivity contribution in [2.45, 2.75) is 23.6 Å². The van der Waals surface area contributed by atoms with Gasteiger partial charge in [0.05, 0.1) is 21.2 Å². The average molecular weight is 579 g/mol. The van der Waals surface area contributed by atoms with Crippen molar-refractivity contribution < 1.29 is 8.42 Å². The summed E-state index contributed by atoms with van der Waals surface area (Å²) in [6, 6.07) is 48.0. The van der Waals surface area contributed by atoms with E-state index in [9.17, 15) is 8.42 Å². The molecule has 43 heavy (non-hydrogen) atoms. The van der Waals surface area contributed by atoms with Crippen molar-refractivity contribution in [3.63, 3.8) is 0 Å². The Morgan fingerprint density at radius 1 is 0.419 bits per heavy atom. The quantitative estimate of drug-likeness (QED) is 0.197. The number of anilines is 6. The zero-order chi connectivity index (χ0) is 29.6. The summed E-state index contributed by atoms with van der Waals surface area (Å²) in [7, 11) is -3.79. The van der Waals surface area contributed by atoms with Crippen LogP contribution in [0.25, 0.3) is 11.1 Å². The molecule has 0 unspecified atom stereocenters. The van der Waals surface area contributed by atoms with Crippen LogP contribution >= 0.6 is 0 Å². The van der Waals surface area contributed by atoms with Crippen LogP contribution in [-0.2, 0) is 9.84 Å². The van der Waals surface area contributed by atoms with Crippen LogP contribution in [0.1, 0.15) is 11.1 Å². The lowest BCUT2D eigenvalue weighted by atomic mass is 9.98. The van der Waals surface area contributed by atoms with Crippen molar-refractivity contribution in [3.8, 4) is 11.1 Å². The first-order valence-corrected chi connectivity index (χ1v) is 15.8. The van der Waals surface area contributed by atoms with E-state index in [1.165, 1.54) is 0 Å². The first-order valence-electron chi connectivity index (χ1n) is 14.3. The van der Waals surface area contributed by atoms with Gasteiger partial charge in [0.2, 0.25) is 9.84 Å². The monoisotopic (exact) mass is 578 g/mol. The van der Waals surface area contributed by atoms with Crippen LogP contribution in [-0.4, -0.2) is 8.42 Å². The van der Waals surface area contributed by atoms with Crippen molar-refractivity contribution >= 4 is 44.0 Å². The molecule has 6 aromatic rings. The molecule has 0 saturated carbocycles. The Morgan fingerprint density at radius 2 is 0.698 bits per heavy atom. The Hall–Kier alpha value is -5.13. The van der Waals surface area contributed by atoms with Gasteiger partial charge in [0.1, 0.15) is 0 Å². The summed E-state index contributed by atoms with van der Waals surface area (Å²) in [5, 5.41) is 0. The third kappa shape index (κ3) is 4.59. The highest BCUT2D eigenvalue weighted by Gasteiger charge is 2.36.